The second kappa shape index (κ2) is 5.19. The van der Waals surface area contributed by atoms with E-state index >= 15 is 0 Å². The van der Waals surface area contributed by atoms with Crippen LogP contribution in [0, 0.1) is 5.82 Å². The molecule has 0 N–H and O–H groups in total. The Kier molecular flexibility index (Phi) is 3.43. The third-order valence-corrected chi connectivity index (χ3v) is 3.58. The molecule has 2 aromatic rings. The molecule has 118 valence electrons. The molecule has 3 nitrogen and oxygen atoms in total. The maximum atomic E-state index is 13.7. The largest absolute Gasteiger partial charge is 0.418 e. The summed E-state index contributed by atoms with van der Waals surface area (Å²) in [5.41, 5.74) is -1.90. The molecule has 23 heavy (non-hydrogen) atoms. The average Bonchev–Trinajstić information content (AvgIpc) is 2.74. The summed E-state index contributed by atoms with van der Waals surface area (Å²) in [5.74, 6) is -2.78. The van der Waals surface area contributed by atoms with Crippen LogP contribution in [0.15, 0.2) is 42.5 Å². The minimum atomic E-state index is -4.73. The van der Waals surface area contributed by atoms with Crippen LogP contribution in [-0.2, 0) is 17.5 Å². The van der Waals surface area contributed by atoms with Crippen LogP contribution in [0.1, 0.15) is 21.5 Å². The number of amides is 1. The van der Waals surface area contributed by atoms with Gasteiger partial charge in [0.1, 0.15) is 5.82 Å². The Hall–Kier alpha value is -2.70. The van der Waals surface area contributed by atoms with E-state index in [1.165, 1.54) is 18.2 Å². The van der Waals surface area contributed by atoms with Gasteiger partial charge in [-0.3, -0.25) is 14.5 Å². The van der Waals surface area contributed by atoms with Crippen LogP contribution in [0.2, 0.25) is 0 Å². The number of carbonyl (C=O) groups excluding carboxylic acids is 2. The van der Waals surface area contributed by atoms with Gasteiger partial charge in [-0.15, -0.1) is 0 Å². The molecule has 3 rings (SSSR count). The monoisotopic (exact) mass is 323 g/mol. The molecule has 0 bridgehead atoms. The summed E-state index contributed by atoms with van der Waals surface area (Å²) in [4.78, 5) is 24.6. The zero-order chi connectivity index (χ0) is 16.8. The molecule has 2 aromatic carbocycles. The first-order valence-electron chi connectivity index (χ1n) is 6.60. The van der Waals surface area contributed by atoms with E-state index in [1.807, 2.05) is 0 Å². The molecule has 0 saturated carbocycles. The van der Waals surface area contributed by atoms with Crippen molar-refractivity contribution in [1.29, 1.82) is 0 Å². The molecular weight excluding hydrogens is 314 g/mol. The van der Waals surface area contributed by atoms with Crippen molar-refractivity contribution in [2.75, 3.05) is 4.90 Å². The number of halogens is 4. The van der Waals surface area contributed by atoms with Crippen LogP contribution in [0.3, 0.4) is 0 Å². The minimum Gasteiger partial charge on any atom is -0.300 e. The van der Waals surface area contributed by atoms with Crippen LogP contribution < -0.4 is 4.90 Å². The van der Waals surface area contributed by atoms with Crippen molar-refractivity contribution >= 4 is 17.4 Å². The van der Waals surface area contributed by atoms with E-state index in [2.05, 4.69) is 0 Å². The molecule has 1 aliphatic heterocycles. The molecular formula is C16H9F4NO2. The molecule has 0 aromatic heterocycles. The van der Waals surface area contributed by atoms with E-state index in [0.29, 0.717) is 4.90 Å². The van der Waals surface area contributed by atoms with Crippen molar-refractivity contribution in [2.45, 2.75) is 12.7 Å². The van der Waals surface area contributed by atoms with Crippen molar-refractivity contribution in [1.82, 2.24) is 0 Å². The highest BCUT2D eigenvalue weighted by molar-refractivity contribution is 6.52. The fourth-order valence-corrected chi connectivity index (χ4v) is 2.53. The number of alkyl halides is 3. The van der Waals surface area contributed by atoms with E-state index in [9.17, 15) is 27.2 Å². The van der Waals surface area contributed by atoms with Crippen LogP contribution in [0.25, 0.3) is 0 Å². The van der Waals surface area contributed by atoms with E-state index < -0.39 is 41.5 Å². The molecule has 1 amide bonds. The van der Waals surface area contributed by atoms with Gasteiger partial charge in [0.25, 0.3) is 11.7 Å². The highest BCUT2D eigenvalue weighted by Crippen LogP contribution is 2.42. The number of hydrogen-bond donors (Lipinski definition) is 0. The lowest BCUT2D eigenvalue weighted by Crippen LogP contribution is -2.30. The van der Waals surface area contributed by atoms with Crippen molar-refractivity contribution in [3.05, 3.63) is 65.0 Å². The Balaban J connectivity index is 2.13. The number of fused-ring (bicyclic) bond motifs is 1. The van der Waals surface area contributed by atoms with E-state index in [0.717, 1.165) is 24.3 Å². The van der Waals surface area contributed by atoms with Gasteiger partial charge in [-0.1, -0.05) is 24.3 Å². The fourth-order valence-electron chi connectivity index (χ4n) is 2.53. The third-order valence-electron chi connectivity index (χ3n) is 3.58. The highest BCUT2D eigenvalue weighted by atomic mass is 19.4. The van der Waals surface area contributed by atoms with Gasteiger partial charge in [-0.2, -0.15) is 13.2 Å². The number of anilines is 1. The van der Waals surface area contributed by atoms with Gasteiger partial charge >= 0.3 is 6.18 Å². The molecule has 0 saturated heterocycles. The van der Waals surface area contributed by atoms with Gasteiger partial charge < -0.3 is 0 Å². The normalized spacial score (nSPS) is 14.3. The number of carbonyl (C=O) groups is 2. The predicted molar refractivity (Wildman–Crippen MR) is 73.4 cm³/mol. The zero-order valence-electron chi connectivity index (χ0n) is 11.5. The summed E-state index contributed by atoms with van der Waals surface area (Å²) in [6.07, 6.45) is -4.73. The van der Waals surface area contributed by atoms with Crippen LogP contribution in [0.5, 0.6) is 0 Å². The van der Waals surface area contributed by atoms with Gasteiger partial charge in [-0.05, 0) is 18.2 Å². The van der Waals surface area contributed by atoms with Gasteiger partial charge in [-0.25, -0.2) is 4.39 Å². The maximum absolute atomic E-state index is 13.7. The van der Waals surface area contributed by atoms with Gasteiger partial charge in [0.15, 0.2) is 0 Å². The van der Waals surface area contributed by atoms with Crippen molar-refractivity contribution < 1.29 is 27.2 Å². The summed E-state index contributed by atoms with van der Waals surface area (Å²) in [7, 11) is 0. The summed E-state index contributed by atoms with van der Waals surface area (Å²) >= 11 is 0. The lowest BCUT2D eigenvalue weighted by Gasteiger charge is -2.21. The van der Waals surface area contributed by atoms with Crippen molar-refractivity contribution in [2.24, 2.45) is 0 Å². The minimum absolute atomic E-state index is 0.0264. The lowest BCUT2D eigenvalue weighted by atomic mass is 10.1. The number of benzene rings is 2. The number of ketones is 1. The first-order valence-corrected chi connectivity index (χ1v) is 6.60. The third kappa shape index (κ3) is 2.48. The fraction of sp³-hybridized carbons (Fsp3) is 0.125. The quantitative estimate of drug-likeness (QED) is 0.626. The summed E-state index contributed by atoms with van der Waals surface area (Å²) in [5, 5.41) is 0. The Morgan fingerprint density at radius 3 is 2.30 bits per heavy atom. The standard InChI is InChI=1S/C16H9F4NO2/c17-12-7-2-1-4-9(12)8-21-13-10(14(22)15(21)23)5-3-6-11(13)16(18,19)20/h1-7H,8H2. The Labute approximate surface area is 128 Å². The van der Waals surface area contributed by atoms with Crippen LogP contribution in [0.4, 0.5) is 23.2 Å². The molecule has 0 spiro atoms. The number of para-hydroxylation sites is 1. The first kappa shape index (κ1) is 15.2. The Bertz CT molecular complexity index is 814. The average molecular weight is 323 g/mol. The molecule has 0 unspecified atom stereocenters. The van der Waals surface area contributed by atoms with Gasteiger partial charge in [0.2, 0.25) is 0 Å². The zero-order valence-corrected chi connectivity index (χ0v) is 11.5. The van der Waals surface area contributed by atoms with Gasteiger partial charge in [0, 0.05) is 5.56 Å². The summed E-state index contributed by atoms with van der Waals surface area (Å²) < 4.78 is 53.2. The number of nitrogens with zero attached hydrogens (tertiary/aromatic N) is 1. The first-order chi connectivity index (χ1) is 10.8. The topological polar surface area (TPSA) is 37.4 Å². The van der Waals surface area contributed by atoms with E-state index in [-0.39, 0.29) is 11.1 Å². The molecule has 0 radical (unpaired) electrons. The molecule has 1 aliphatic rings. The summed E-state index contributed by atoms with van der Waals surface area (Å²) in [6, 6.07) is 8.42. The number of rotatable bonds is 2. The van der Waals surface area contributed by atoms with Crippen LogP contribution in [-0.4, -0.2) is 11.7 Å². The highest BCUT2D eigenvalue weighted by Gasteiger charge is 2.44. The van der Waals surface area contributed by atoms with Crippen molar-refractivity contribution in [3.63, 3.8) is 0 Å². The lowest BCUT2D eigenvalue weighted by molar-refractivity contribution is -0.137. The molecule has 1 heterocycles. The Morgan fingerprint density at radius 2 is 1.65 bits per heavy atom. The van der Waals surface area contributed by atoms with Crippen molar-refractivity contribution in [3.8, 4) is 0 Å². The second-order valence-corrected chi connectivity index (χ2v) is 5.01. The number of hydrogen-bond acceptors (Lipinski definition) is 2. The predicted octanol–water partition coefficient (Wildman–Crippen LogP) is 3.57. The summed E-state index contributed by atoms with van der Waals surface area (Å²) in [6.45, 7) is -0.447. The SMILES string of the molecule is O=C1C(=O)N(Cc2ccccc2F)c2c1cccc2C(F)(F)F. The second-order valence-electron chi connectivity index (χ2n) is 5.01. The molecule has 0 atom stereocenters. The molecule has 0 fully saturated rings. The number of Topliss-reactive ketones (excluding diaryl/α,β-unsaturated/α-hetero) is 1. The Morgan fingerprint density at radius 1 is 0.957 bits per heavy atom. The van der Waals surface area contributed by atoms with E-state index in [1.54, 1.807) is 0 Å². The molecule has 7 heteroatoms. The molecule has 0 aliphatic carbocycles. The maximum Gasteiger partial charge on any atom is 0.418 e. The van der Waals surface area contributed by atoms with E-state index in [4.69, 9.17) is 0 Å². The van der Waals surface area contributed by atoms with Gasteiger partial charge in [0.05, 0.1) is 23.4 Å². The van der Waals surface area contributed by atoms with Crippen LogP contribution >= 0.6 is 0 Å². The smallest absolute Gasteiger partial charge is 0.300 e.